The number of hydrogen-bond acceptors (Lipinski definition) is 3. The number of amides is 1. The molecule has 2 N–H and O–H groups in total. The van der Waals surface area contributed by atoms with E-state index in [4.69, 9.17) is 9.84 Å². The fraction of sp³-hybridized carbons (Fsp3) is 0.529. The maximum atomic E-state index is 11.9. The van der Waals surface area contributed by atoms with E-state index >= 15 is 0 Å². The molecule has 0 saturated heterocycles. The number of carbonyl (C=O) groups is 2. The molecule has 0 unspecified atom stereocenters. The lowest BCUT2D eigenvalue weighted by Crippen LogP contribution is -2.45. The maximum absolute atomic E-state index is 11.9. The van der Waals surface area contributed by atoms with Gasteiger partial charge in [-0.3, -0.25) is 9.59 Å². The van der Waals surface area contributed by atoms with Crippen molar-refractivity contribution in [3.05, 3.63) is 29.8 Å². The van der Waals surface area contributed by atoms with E-state index < -0.39 is 11.5 Å². The van der Waals surface area contributed by atoms with Crippen molar-refractivity contribution < 1.29 is 19.4 Å². The number of carboxylic acid groups (broad SMARTS) is 1. The van der Waals surface area contributed by atoms with Crippen LogP contribution in [0.15, 0.2) is 24.3 Å². The quantitative estimate of drug-likeness (QED) is 0.774. The highest BCUT2D eigenvalue weighted by Gasteiger charge is 2.21. The van der Waals surface area contributed by atoms with Crippen LogP contribution in [0.4, 0.5) is 0 Å². The topological polar surface area (TPSA) is 75.6 Å². The normalized spacial score (nSPS) is 11.3. The van der Waals surface area contributed by atoms with Gasteiger partial charge in [0.25, 0.3) is 5.91 Å². The first-order valence-electron chi connectivity index (χ1n) is 7.45. The predicted octanol–water partition coefficient (Wildman–Crippen LogP) is 2.95. The van der Waals surface area contributed by atoms with Crippen LogP contribution >= 0.6 is 0 Å². The van der Waals surface area contributed by atoms with Crippen LogP contribution in [-0.2, 0) is 9.59 Å². The molecule has 1 rings (SSSR count). The lowest BCUT2D eigenvalue weighted by atomic mass is 9.98. The summed E-state index contributed by atoms with van der Waals surface area (Å²) in [5.41, 5.74) is 0.645. The van der Waals surface area contributed by atoms with E-state index in [0.29, 0.717) is 18.1 Å². The highest BCUT2D eigenvalue weighted by Crippen LogP contribution is 2.18. The number of aliphatic carboxylic acids is 1. The summed E-state index contributed by atoms with van der Waals surface area (Å²) < 4.78 is 5.45. The van der Waals surface area contributed by atoms with Gasteiger partial charge in [-0.05, 0) is 43.9 Å². The molecule has 0 saturated carbocycles. The van der Waals surface area contributed by atoms with E-state index in [9.17, 15) is 9.59 Å². The smallest absolute Gasteiger partial charge is 0.303 e. The van der Waals surface area contributed by atoms with Crippen molar-refractivity contribution in [2.24, 2.45) is 0 Å². The van der Waals surface area contributed by atoms with Gasteiger partial charge in [-0.15, -0.1) is 0 Å². The van der Waals surface area contributed by atoms with Crippen molar-refractivity contribution in [3.63, 3.8) is 0 Å². The molecule has 22 heavy (non-hydrogen) atoms. The first kappa shape index (κ1) is 18.0. The highest BCUT2D eigenvalue weighted by molar-refractivity contribution is 5.78. The molecule has 0 aliphatic heterocycles. The summed E-state index contributed by atoms with van der Waals surface area (Å²) >= 11 is 0. The molecule has 5 heteroatoms. The SMILES string of the molecule is CC(C)c1ccc(OCC(=O)NC(C)(C)CCC(=O)O)cc1. The fourth-order valence-electron chi connectivity index (χ4n) is 1.99. The number of carbonyl (C=O) groups excluding carboxylic acids is 1. The van der Waals surface area contributed by atoms with Crippen LogP contribution in [0, 0.1) is 0 Å². The Kier molecular flexibility index (Phi) is 6.40. The second-order valence-corrected chi connectivity index (χ2v) is 6.34. The van der Waals surface area contributed by atoms with Crippen molar-refractivity contribution in [2.75, 3.05) is 6.61 Å². The van der Waals surface area contributed by atoms with Crippen LogP contribution in [-0.4, -0.2) is 29.1 Å². The summed E-state index contributed by atoms with van der Waals surface area (Å²) in [6.07, 6.45) is 0.391. The summed E-state index contributed by atoms with van der Waals surface area (Å²) in [5.74, 6) is -0.0394. The second-order valence-electron chi connectivity index (χ2n) is 6.34. The number of nitrogens with one attached hydrogen (secondary N) is 1. The molecule has 0 aliphatic carbocycles. The van der Waals surface area contributed by atoms with E-state index in [1.165, 1.54) is 5.56 Å². The zero-order valence-electron chi connectivity index (χ0n) is 13.7. The van der Waals surface area contributed by atoms with E-state index in [2.05, 4.69) is 19.2 Å². The Morgan fingerprint density at radius 1 is 1.23 bits per heavy atom. The molecule has 0 spiro atoms. The first-order valence-corrected chi connectivity index (χ1v) is 7.45. The van der Waals surface area contributed by atoms with Gasteiger partial charge in [-0.2, -0.15) is 0 Å². The second kappa shape index (κ2) is 7.82. The zero-order valence-corrected chi connectivity index (χ0v) is 13.7. The third-order valence-electron chi connectivity index (χ3n) is 3.36. The molecule has 0 fully saturated rings. The van der Waals surface area contributed by atoms with Crippen molar-refractivity contribution in [1.29, 1.82) is 0 Å². The van der Waals surface area contributed by atoms with Crippen LogP contribution in [0.2, 0.25) is 0 Å². The maximum Gasteiger partial charge on any atom is 0.303 e. The molecule has 0 radical (unpaired) electrons. The van der Waals surface area contributed by atoms with Gasteiger partial charge in [0.1, 0.15) is 5.75 Å². The number of hydrogen-bond donors (Lipinski definition) is 2. The fourth-order valence-corrected chi connectivity index (χ4v) is 1.99. The molecule has 1 aromatic rings. The summed E-state index contributed by atoms with van der Waals surface area (Å²) in [6.45, 7) is 7.74. The number of ether oxygens (including phenoxy) is 1. The molecule has 5 nitrogen and oxygen atoms in total. The average Bonchev–Trinajstić information content (AvgIpc) is 2.43. The lowest BCUT2D eigenvalue weighted by molar-refractivity contribution is -0.138. The molecule has 0 heterocycles. The minimum atomic E-state index is -0.871. The van der Waals surface area contributed by atoms with Gasteiger partial charge in [-0.25, -0.2) is 0 Å². The molecule has 0 aromatic heterocycles. The number of rotatable bonds is 8. The minimum Gasteiger partial charge on any atom is -0.484 e. The van der Waals surface area contributed by atoms with Crippen molar-refractivity contribution in [1.82, 2.24) is 5.32 Å². The first-order chi connectivity index (χ1) is 10.2. The van der Waals surface area contributed by atoms with Crippen LogP contribution in [0.1, 0.15) is 52.0 Å². The Labute approximate surface area is 131 Å². The average molecular weight is 307 g/mol. The zero-order chi connectivity index (χ0) is 16.8. The lowest BCUT2D eigenvalue weighted by Gasteiger charge is -2.25. The predicted molar refractivity (Wildman–Crippen MR) is 85.1 cm³/mol. The molecule has 0 aliphatic rings. The summed E-state index contributed by atoms with van der Waals surface area (Å²) in [7, 11) is 0. The van der Waals surface area contributed by atoms with Gasteiger partial charge in [0.2, 0.25) is 0 Å². The number of carboxylic acids is 1. The third kappa shape index (κ3) is 6.61. The van der Waals surface area contributed by atoms with Gasteiger partial charge >= 0.3 is 5.97 Å². The van der Waals surface area contributed by atoms with Gasteiger partial charge in [0, 0.05) is 12.0 Å². The van der Waals surface area contributed by atoms with E-state index in [1.807, 2.05) is 24.3 Å². The minimum absolute atomic E-state index is 0.0187. The molecule has 0 atom stereocenters. The Hall–Kier alpha value is -2.04. The molecular weight excluding hydrogens is 282 g/mol. The third-order valence-corrected chi connectivity index (χ3v) is 3.36. The summed E-state index contributed by atoms with van der Waals surface area (Å²) in [6, 6.07) is 7.65. The van der Waals surface area contributed by atoms with Crippen LogP contribution in [0.5, 0.6) is 5.75 Å². The molecule has 0 bridgehead atoms. The van der Waals surface area contributed by atoms with Crippen molar-refractivity contribution in [3.8, 4) is 5.75 Å². The van der Waals surface area contributed by atoms with E-state index in [0.717, 1.165) is 0 Å². The van der Waals surface area contributed by atoms with E-state index in [1.54, 1.807) is 13.8 Å². The van der Waals surface area contributed by atoms with Crippen molar-refractivity contribution in [2.45, 2.75) is 52.0 Å². The van der Waals surface area contributed by atoms with Gasteiger partial charge in [-0.1, -0.05) is 26.0 Å². The molecule has 1 aromatic carbocycles. The van der Waals surface area contributed by atoms with Gasteiger partial charge < -0.3 is 15.2 Å². The Balaban J connectivity index is 2.43. The highest BCUT2D eigenvalue weighted by atomic mass is 16.5. The van der Waals surface area contributed by atoms with Gasteiger partial charge in [0.15, 0.2) is 6.61 Å². The summed E-state index contributed by atoms with van der Waals surface area (Å²) in [4.78, 5) is 22.4. The van der Waals surface area contributed by atoms with E-state index in [-0.39, 0.29) is 18.9 Å². The van der Waals surface area contributed by atoms with Crippen molar-refractivity contribution >= 4 is 11.9 Å². The monoisotopic (exact) mass is 307 g/mol. The van der Waals surface area contributed by atoms with Crippen LogP contribution in [0.3, 0.4) is 0 Å². The Morgan fingerprint density at radius 3 is 2.32 bits per heavy atom. The molecule has 122 valence electrons. The number of benzene rings is 1. The molecular formula is C17H25NO4. The summed E-state index contributed by atoms with van der Waals surface area (Å²) in [5, 5.41) is 11.5. The van der Waals surface area contributed by atoms with Gasteiger partial charge in [0.05, 0.1) is 0 Å². The van der Waals surface area contributed by atoms with Crippen LogP contribution in [0.25, 0.3) is 0 Å². The standard InChI is InChI=1S/C17H25NO4/c1-12(2)13-5-7-14(8-6-13)22-11-15(19)18-17(3,4)10-9-16(20)21/h5-8,12H,9-11H2,1-4H3,(H,18,19)(H,20,21). The van der Waals surface area contributed by atoms with Crippen LogP contribution < -0.4 is 10.1 Å². The Morgan fingerprint density at radius 2 is 1.82 bits per heavy atom. The largest absolute Gasteiger partial charge is 0.484 e. The Bertz CT molecular complexity index is 506. The molecule has 1 amide bonds.